The van der Waals surface area contributed by atoms with Gasteiger partial charge in [-0.2, -0.15) is 0 Å². The first-order chi connectivity index (χ1) is 22.0. The number of ketones is 1. The molecule has 2 aliphatic rings. The van der Waals surface area contributed by atoms with Gasteiger partial charge in [0.1, 0.15) is 23.1 Å². The maximum absolute atomic E-state index is 15.9. The number of Topliss-reactive ketones (excluding diaryl/α,β-unsaturated/α-hetero) is 1. The minimum Gasteiger partial charge on any atom is -0.480 e. The van der Waals surface area contributed by atoms with Gasteiger partial charge in [-0.05, 0) is 80.2 Å². The highest BCUT2D eigenvalue weighted by Gasteiger charge is 2.66. The van der Waals surface area contributed by atoms with Crippen molar-refractivity contribution in [3.05, 3.63) is 63.4 Å². The van der Waals surface area contributed by atoms with Crippen LogP contribution in [-0.4, -0.2) is 52.8 Å². The van der Waals surface area contributed by atoms with Crippen LogP contribution in [0.5, 0.6) is 0 Å². The summed E-state index contributed by atoms with van der Waals surface area (Å²) in [5.41, 5.74) is 3.31. The number of nitrogens with two attached hydrogens (primary N) is 1. The molecule has 48 heavy (non-hydrogen) atoms. The Labute approximate surface area is 291 Å². The summed E-state index contributed by atoms with van der Waals surface area (Å²) < 4.78 is 15.9. The van der Waals surface area contributed by atoms with Crippen LogP contribution in [0.2, 0.25) is 10.0 Å². The number of hydrogen-bond donors (Lipinski definition) is 5. The molecule has 9 nitrogen and oxygen atoms in total. The van der Waals surface area contributed by atoms with E-state index in [0.29, 0.717) is 22.7 Å². The van der Waals surface area contributed by atoms with Crippen LogP contribution >= 0.6 is 23.2 Å². The number of benzene rings is 2. The van der Waals surface area contributed by atoms with E-state index in [-0.39, 0.29) is 34.6 Å². The van der Waals surface area contributed by atoms with Crippen molar-refractivity contribution in [2.45, 2.75) is 110 Å². The highest BCUT2D eigenvalue weighted by Crippen LogP contribution is 2.58. The third-order valence-corrected chi connectivity index (χ3v) is 10.7. The average Bonchev–Trinajstić information content (AvgIpc) is 3.42. The van der Waals surface area contributed by atoms with E-state index < -0.39 is 69.9 Å². The van der Waals surface area contributed by atoms with Crippen molar-refractivity contribution >= 4 is 52.5 Å². The molecule has 1 fully saturated rings. The van der Waals surface area contributed by atoms with Crippen molar-refractivity contribution in [2.24, 2.45) is 22.0 Å². The normalized spacial score (nSPS) is 24.9. The van der Waals surface area contributed by atoms with Gasteiger partial charge in [-0.3, -0.25) is 24.5 Å². The number of rotatable bonds is 12. The van der Waals surface area contributed by atoms with Crippen LogP contribution in [0.25, 0.3) is 0 Å². The maximum atomic E-state index is 15.9. The van der Waals surface area contributed by atoms with Crippen molar-refractivity contribution in [1.82, 2.24) is 10.6 Å². The smallest absolute Gasteiger partial charge is 0.321 e. The molecule has 0 aromatic heterocycles. The number of fused-ring (bicyclic) bond motifs is 2. The van der Waals surface area contributed by atoms with E-state index in [0.717, 1.165) is 0 Å². The molecule has 262 valence electrons. The predicted molar refractivity (Wildman–Crippen MR) is 186 cm³/mol. The fourth-order valence-electron chi connectivity index (χ4n) is 8.03. The summed E-state index contributed by atoms with van der Waals surface area (Å²) in [6, 6.07) is 6.01. The molecule has 2 aromatic carbocycles. The van der Waals surface area contributed by atoms with Crippen molar-refractivity contribution in [3.63, 3.8) is 0 Å². The van der Waals surface area contributed by atoms with Crippen molar-refractivity contribution in [2.75, 3.05) is 5.32 Å². The lowest BCUT2D eigenvalue weighted by Gasteiger charge is -2.45. The van der Waals surface area contributed by atoms with Gasteiger partial charge >= 0.3 is 5.97 Å². The first kappa shape index (κ1) is 37.8. The van der Waals surface area contributed by atoms with Gasteiger partial charge in [-0.25, -0.2) is 4.39 Å². The topological polar surface area (TPSA) is 151 Å². The predicted octanol–water partition coefficient (Wildman–Crippen LogP) is 6.20. The molecular formula is C36H47Cl2FN4O5. The molecule has 0 saturated carbocycles. The van der Waals surface area contributed by atoms with Gasteiger partial charge < -0.3 is 21.5 Å². The zero-order valence-corrected chi connectivity index (χ0v) is 30.3. The van der Waals surface area contributed by atoms with E-state index in [9.17, 15) is 24.3 Å². The van der Waals surface area contributed by atoms with E-state index in [2.05, 4.69) is 16.0 Å². The number of aliphatic carboxylic acids is 1. The highest BCUT2D eigenvalue weighted by molar-refractivity contribution is 6.31. The molecular weight excluding hydrogens is 658 g/mol. The summed E-state index contributed by atoms with van der Waals surface area (Å²) in [5, 5.41) is 20.2. The molecule has 0 bridgehead atoms. The third-order valence-electron chi connectivity index (χ3n) is 10.2. The van der Waals surface area contributed by atoms with Crippen LogP contribution in [0.1, 0.15) is 91.7 Å². The Bertz CT molecular complexity index is 1630. The Morgan fingerprint density at radius 1 is 1.10 bits per heavy atom. The zero-order chi connectivity index (χ0) is 36.1. The molecule has 6 N–H and O–H groups in total. The standard InChI is InChI=1S/C36H47Cl2FN4O5/c1-18(19(2)44)41-25(15-33(3,4)5)35(8,31(40)47)17-34(6,7)16-26-36(22-13-12-20(37)14-24(22)42-32(36)48)27(29(43-26)30(45)46)21-10-9-11-23(38)28(21)39/h9-14,18,25-27,29,41,43H,15-17H2,1-8H3,(H2,40,47)(H,42,48)(H,45,46). The molecule has 2 heterocycles. The summed E-state index contributed by atoms with van der Waals surface area (Å²) in [7, 11) is 0. The van der Waals surface area contributed by atoms with Gasteiger partial charge in [0, 0.05) is 28.7 Å². The van der Waals surface area contributed by atoms with Crippen molar-refractivity contribution in [3.8, 4) is 0 Å². The molecule has 2 aliphatic heterocycles. The van der Waals surface area contributed by atoms with Crippen LogP contribution in [0.15, 0.2) is 36.4 Å². The SMILES string of the molecule is CC(=O)C(C)NC(CC(C)(C)C)C(C)(CC(C)(C)CC1NC(C(=O)O)C(c2cccc(Cl)c2F)C12C(=O)Nc1cc(Cl)ccc12)C(N)=O. The zero-order valence-electron chi connectivity index (χ0n) is 28.8. The molecule has 4 rings (SSSR count). The maximum Gasteiger partial charge on any atom is 0.321 e. The highest BCUT2D eigenvalue weighted by atomic mass is 35.5. The summed E-state index contributed by atoms with van der Waals surface area (Å²) >= 11 is 12.5. The number of carbonyl (C=O) groups excluding carboxylic acids is 3. The molecule has 0 aliphatic carbocycles. The van der Waals surface area contributed by atoms with Gasteiger partial charge in [0.15, 0.2) is 0 Å². The minimum absolute atomic E-state index is 0.00436. The second-order valence-electron chi connectivity index (χ2n) is 15.8. The Kier molecular flexibility index (Phi) is 10.5. The van der Waals surface area contributed by atoms with Crippen LogP contribution in [0.3, 0.4) is 0 Å². The fourth-order valence-corrected chi connectivity index (χ4v) is 8.38. The number of carbonyl (C=O) groups is 4. The third kappa shape index (κ3) is 6.99. The minimum atomic E-state index is -1.60. The van der Waals surface area contributed by atoms with Crippen molar-refractivity contribution < 1.29 is 28.7 Å². The Balaban J connectivity index is 1.87. The Morgan fingerprint density at radius 3 is 2.31 bits per heavy atom. The summed E-state index contributed by atoms with van der Waals surface area (Å²) in [6.45, 7) is 15.0. The summed E-state index contributed by atoms with van der Waals surface area (Å²) in [4.78, 5) is 53.1. The van der Waals surface area contributed by atoms with Crippen LogP contribution in [0, 0.1) is 22.1 Å². The summed E-state index contributed by atoms with van der Waals surface area (Å²) in [6.07, 6.45) is 0.947. The quantitative estimate of drug-likeness (QED) is 0.177. The number of carboxylic acid groups (broad SMARTS) is 1. The largest absolute Gasteiger partial charge is 0.480 e. The monoisotopic (exact) mass is 704 g/mol. The molecule has 0 radical (unpaired) electrons. The number of halogens is 3. The fraction of sp³-hybridized carbons (Fsp3) is 0.556. The first-order valence-corrected chi connectivity index (χ1v) is 16.9. The van der Waals surface area contributed by atoms with Gasteiger partial charge in [0.25, 0.3) is 0 Å². The van der Waals surface area contributed by atoms with Crippen LogP contribution in [-0.2, 0) is 24.6 Å². The number of amides is 2. The van der Waals surface area contributed by atoms with Crippen molar-refractivity contribution in [1.29, 1.82) is 0 Å². The number of anilines is 1. The van der Waals surface area contributed by atoms with Crippen LogP contribution in [0.4, 0.5) is 10.1 Å². The van der Waals surface area contributed by atoms with E-state index in [4.69, 9.17) is 28.9 Å². The van der Waals surface area contributed by atoms with E-state index in [1.165, 1.54) is 25.1 Å². The van der Waals surface area contributed by atoms with E-state index >= 15 is 4.39 Å². The first-order valence-electron chi connectivity index (χ1n) is 16.2. The molecule has 12 heteroatoms. The van der Waals surface area contributed by atoms with Gasteiger partial charge in [-0.1, -0.05) is 76.0 Å². The van der Waals surface area contributed by atoms with Gasteiger partial charge in [-0.15, -0.1) is 0 Å². The molecule has 2 aromatic rings. The number of nitrogens with one attached hydrogen (secondary N) is 3. The number of primary amides is 1. The molecule has 1 spiro atoms. The molecule has 2 amide bonds. The molecule has 1 saturated heterocycles. The number of carboxylic acids is 1. The van der Waals surface area contributed by atoms with Crippen LogP contribution < -0.4 is 21.7 Å². The molecule has 7 atom stereocenters. The second-order valence-corrected chi connectivity index (χ2v) is 16.7. The summed E-state index contributed by atoms with van der Waals surface area (Å²) in [5.74, 6) is -4.40. The lowest BCUT2D eigenvalue weighted by molar-refractivity contribution is -0.139. The lowest BCUT2D eigenvalue weighted by atomic mass is 9.60. The lowest BCUT2D eigenvalue weighted by Crippen LogP contribution is -2.57. The van der Waals surface area contributed by atoms with E-state index in [1.807, 2.05) is 34.6 Å². The Morgan fingerprint density at radius 2 is 1.75 bits per heavy atom. The second kappa shape index (κ2) is 13.3. The van der Waals surface area contributed by atoms with Gasteiger partial charge in [0.05, 0.1) is 16.5 Å². The average molecular weight is 706 g/mol. The van der Waals surface area contributed by atoms with E-state index in [1.54, 1.807) is 32.0 Å². The van der Waals surface area contributed by atoms with Gasteiger partial charge in [0.2, 0.25) is 11.8 Å². The Hall–Kier alpha value is -3.05. The number of hydrogen-bond acceptors (Lipinski definition) is 6. The molecule has 7 unspecified atom stereocenters.